The lowest BCUT2D eigenvalue weighted by Crippen LogP contribution is -2.12. The number of carbonyl (C=O) groups is 1. The standard InChI is InChI=1S/C27H34O2/c1-19-3-7-21(8-4-19)23-11-13-25(14-12-23)27(28)29-26-17-15-24(16-18-26)22-9-5-20(2)6-10-22/h11-22H,3-10H2,1-2H3. The van der Waals surface area contributed by atoms with Crippen molar-refractivity contribution < 1.29 is 9.53 Å². The van der Waals surface area contributed by atoms with Gasteiger partial charge in [0.15, 0.2) is 0 Å². The Morgan fingerprint density at radius 3 is 1.52 bits per heavy atom. The molecule has 154 valence electrons. The average molecular weight is 391 g/mol. The quantitative estimate of drug-likeness (QED) is 0.399. The first-order valence-corrected chi connectivity index (χ1v) is 11.5. The van der Waals surface area contributed by atoms with Gasteiger partial charge in [0.2, 0.25) is 0 Å². The molecule has 0 saturated heterocycles. The lowest BCUT2D eigenvalue weighted by Gasteiger charge is -2.26. The molecule has 0 radical (unpaired) electrons. The number of hydrogen-bond acceptors (Lipinski definition) is 2. The van der Waals surface area contributed by atoms with E-state index >= 15 is 0 Å². The van der Waals surface area contributed by atoms with Crippen LogP contribution in [0.1, 0.15) is 98.5 Å². The van der Waals surface area contributed by atoms with Crippen molar-refractivity contribution in [1.29, 1.82) is 0 Å². The van der Waals surface area contributed by atoms with Gasteiger partial charge in [-0.3, -0.25) is 0 Å². The first-order valence-electron chi connectivity index (χ1n) is 11.5. The van der Waals surface area contributed by atoms with Gasteiger partial charge in [0.05, 0.1) is 5.56 Å². The van der Waals surface area contributed by atoms with E-state index in [9.17, 15) is 4.79 Å². The molecule has 2 aliphatic carbocycles. The predicted octanol–water partition coefficient (Wildman–Crippen LogP) is 7.49. The van der Waals surface area contributed by atoms with Crippen LogP contribution in [0, 0.1) is 11.8 Å². The van der Waals surface area contributed by atoms with Crippen LogP contribution >= 0.6 is 0 Å². The molecule has 0 bridgehead atoms. The van der Waals surface area contributed by atoms with Crippen molar-refractivity contribution in [2.45, 2.75) is 77.0 Å². The number of hydrogen-bond donors (Lipinski definition) is 0. The minimum Gasteiger partial charge on any atom is -0.423 e. The zero-order chi connectivity index (χ0) is 20.2. The molecule has 29 heavy (non-hydrogen) atoms. The van der Waals surface area contributed by atoms with Gasteiger partial charge < -0.3 is 4.74 Å². The number of rotatable bonds is 4. The first kappa shape index (κ1) is 20.2. The maximum Gasteiger partial charge on any atom is 0.343 e. The SMILES string of the molecule is CC1CCC(c2ccc(OC(=O)c3ccc(C4CCC(C)CC4)cc3)cc2)CC1. The molecule has 0 spiro atoms. The molecule has 0 amide bonds. The molecule has 0 heterocycles. The fourth-order valence-corrected chi connectivity index (χ4v) is 5.05. The van der Waals surface area contributed by atoms with E-state index < -0.39 is 0 Å². The molecule has 2 aromatic rings. The molecule has 2 aromatic carbocycles. The Kier molecular flexibility index (Phi) is 6.37. The molecule has 0 aromatic heterocycles. The van der Waals surface area contributed by atoms with Crippen LogP contribution in [0.2, 0.25) is 0 Å². The van der Waals surface area contributed by atoms with Crippen molar-refractivity contribution in [2.24, 2.45) is 11.8 Å². The first-order chi connectivity index (χ1) is 14.1. The van der Waals surface area contributed by atoms with E-state index in [-0.39, 0.29) is 5.97 Å². The van der Waals surface area contributed by atoms with E-state index in [1.54, 1.807) is 0 Å². The number of ether oxygens (including phenoxy) is 1. The normalized spacial score (nSPS) is 27.4. The minimum absolute atomic E-state index is 0.270. The third-order valence-electron chi connectivity index (χ3n) is 7.21. The molecule has 4 rings (SSSR count). The van der Waals surface area contributed by atoms with E-state index in [0.717, 1.165) is 11.8 Å². The largest absolute Gasteiger partial charge is 0.423 e. The molecule has 2 aliphatic rings. The lowest BCUT2D eigenvalue weighted by atomic mass is 9.79. The molecule has 0 unspecified atom stereocenters. The van der Waals surface area contributed by atoms with Crippen molar-refractivity contribution in [3.8, 4) is 5.75 Å². The topological polar surface area (TPSA) is 26.3 Å². The Morgan fingerprint density at radius 2 is 1.07 bits per heavy atom. The average Bonchev–Trinajstić information content (AvgIpc) is 2.76. The summed E-state index contributed by atoms with van der Waals surface area (Å²) in [5, 5.41) is 0. The van der Waals surface area contributed by atoms with E-state index in [4.69, 9.17) is 4.74 Å². The minimum atomic E-state index is -0.270. The summed E-state index contributed by atoms with van der Waals surface area (Å²) in [6.45, 7) is 4.69. The highest BCUT2D eigenvalue weighted by Crippen LogP contribution is 2.37. The fraction of sp³-hybridized carbons (Fsp3) is 0.519. The second-order valence-electron chi connectivity index (χ2n) is 9.49. The number of benzene rings is 2. The number of esters is 1. The monoisotopic (exact) mass is 390 g/mol. The van der Waals surface area contributed by atoms with Crippen molar-refractivity contribution in [2.75, 3.05) is 0 Å². The molecule has 2 saturated carbocycles. The molecule has 0 N–H and O–H groups in total. The van der Waals surface area contributed by atoms with E-state index in [1.807, 2.05) is 24.3 Å². The van der Waals surface area contributed by atoms with Crippen molar-refractivity contribution >= 4 is 5.97 Å². The highest BCUT2D eigenvalue weighted by molar-refractivity contribution is 5.91. The summed E-state index contributed by atoms with van der Waals surface area (Å²) in [5.74, 6) is 3.38. The molecule has 2 heteroatoms. The zero-order valence-corrected chi connectivity index (χ0v) is 17.9. The molecule has 2 nitrogen and oxygen atoms in total. The summed E-state index contributed by atoms with van der Waals surface area (Å²) in [6.07, 6.45) is 10.3. The Morgan fingerprint density at radius 1 is 0.655 bits per heavy atom. The van der Waals surface area contributed by atoms with Crippen LogP contribution in [0.4, 0.5) is 0 Å². The second kappa shape index (κ2) is 9.15. The van der Waals surface area contributed by atoms with Gasteiger partial charge in [0.25, 0.3) is 0 Å². The van der Waals surface area contributed by atoms with Crippen LogP contribution in [-0.4, -0.2) is 5.97 Å². The molecule has 2 fully saturated rings. The van der Waals surface area contributed by atoms with Gasteiger partial charge in [-0.05, 0) is 84.7 Å². The Bertz CT molecular complexity index is 789. The van der Waals surface area contributed by atoms with Gasteiger partial charge in [-0.2, -0.15) is 0 Å². The maximum absolute atomic E-state index is 12.5. The lowest BCUT2D eigenvalue weighted by molar-refractivity contribution is 0.0734. The third kappa shape index (κ3) is 5.10. The summed E-state index contributed by atoms with van der Waals surface area (Å²) in [4.78, 5) is 12.5. The van der Waals surface area contributed by atoms with Crippen LogP contribution in [-0.2, 0) is 0 Å². The van der Waals surface area contributed by atoms with Gasteiger partial charge in [0, 0.05) is 0 Å². The molecular weight excluding hydrogens is 356 g/mol. The van der Waals surface area contributed by atoms with Crippen LogP contribution in [0.15, 0.2) is 48.5 Å². The molecular formula is C27H34O2. The molecule has 0 aliphatic heterocycles. The van der Waals surface area contributed by atoms with Gasteiger partial charge in [0.1, 0.15) is 5.75 Å². The predicted molar refractivity (Wildman–Crippen MR) is 119 cm³/mol. The second-order valence-corrected chi connectivity index (χ2v) is 9.49. The summed E-state index contributed by atoms with van der Waals surface area (Å²) < 4.78 is 5.62. The smallest absolute Gasteiger partial charge is 0.343 e. The summed E-state index contributed by atoms with van der Waals surface area (Å²) in [5.41, 5.74) is 3.37. The fourth-order valence-electron chi connectivity index (χ4n) is 5.05. The van der Waals surface area contributed by atoms with Gasteiger partial charge in [-0.25, -0.2) is 4.79 Å². The summed E-state index contributed by atoms with van der Waals surface area (Å²) in [7, 11) is 0. The van der Waals surface area contributed by atoms with Gasteiger partial charge in [-0.1, -0.05) is 63.8 Å². The Balaban J connectivity index is 1.34. The van der Waals surface area contributed by atoms with Gasteiger partial charge in [-0.15, -0.1) is 0 Å². The third-order valence-corrected chi connectivity index (χ3v) is 7.21. The Labute approximate surface area is 175 Å². The van der Waals surface area contributed by atoms with Crippen molar-refractivity contribution in [3.63, 3.8) is 0 Å². The summed E-state index contributed by atoms with van der Waals surface area (Å²) in [6, 6.07) is 16.2. The van der Waals surface area contributed by atoms with Crippen molar-refractivity contribution in [3.05, 3.63) is 65.2 Å². The van der Waals surface area contributed by atoms with Crippen LogP contribution in [0.25, 0.3) is 0 Å². The zero-order valence-electron chi connectivity index (χ0n) is 17.9. The van der Waals surface area contributed by atoms with Crippen LogP contribution in [0.5, 0.6) is 5.75 Å². The van der Waals surface area contributed by atoms with E-state index in [0.29, 0.717) is 23.1 Å². The van der Waals surface area contributed by atoms with Crippen LogP contribution < -0.4 is 4.74 Å². The highest BCUT2D eigenvalue weighted by atomic mass is 16.5. The van der Waals surface area contributed by atoms with Crippen LogP contribution in [0.3, 0.4) is 0 Å². The number of carbonyl (C=O) groups excluding carboxylic acids is 1. The van der Waals surface area contributed by atoms with Gasteiger partial charge >= 0.3 is 5.97 Å². The van der Waals surface area contributed by atoms with E-state index in [1.165, 1.54) is 62.5 Å². The van der Waals surface area contributed by atoms with Crippen molar-refractivity contribution in [1.82, 2.24) is 0 Å². The highest BCUT2D eigenvalue weighted by Gasteiger charge is 2.21. The van der Waals surface area contributed by atoms with E-state index in [2.05, 4.69) is 38.1 Å². The molecule has 0 atom stereocenters. The summed E-state index contributed by atoms with van der Waals surface area (Å²) >= 11 is 0. The maximum atomic E-state index is 12.5. The Hall–Kier alpha value is -2.09.